The van der Waals surface area contributed by atoms with Crippen molar-refractivity contribution in [1.29, 1.82) is 0 Å². The van der Waals surface area contributed by atoms with Crippen LogP contribution in [0.4, 0.5) is 0 Å². The number of carbonyl (C=O) groups excluding carboxylic acids is 1. The van der Waals surface area contributed by atoms with E-state index in [2.05, 4.69) is 29.2 Å². The fourth-order valence-electron chi connectivity index (χ4n) is 5.46. The number of benzene rings is 1. The van der Waals surface area contributed by atoms with Crippen molar-refractivity contribution in [3.8, 4) is 0 Å². The van der Waals surface area contributed by atoms with Gasteiger partial charge in [0, 0.05) is 30.3 Å². The molecule has 4 heteroatoms. The summed E-state index contributed by atoms with van der Waals surface area (Å²) in [7, 11) is 0. The summed E-state index contributed by atoms with van der Waals surface area (Å²) >= 11 is 0. The van der Waals surface area contributed by atoms with E-state index in [1.54, 1.807) is 0 Å². The number of nitrogens with zero attached hydrogens (tertiary/aromatic N) is 1. The third-order valence-corrected chi connectivity index (χ3v) is 6.80. The minimum atomic E-state index is -0.0980. The van der Waals surface area contributed by atoms with Crippen LogP contribution in [-0.4, -0.2) is 43.4 Å². The van der Waals surface area contributed by atoms with E-state index < -0.39 is 0 Å². The Hall–Kier alpha value is -1.39. The van der Waals surface area contributed by atoms with E-state index in [4.69, 9.17) is 9.47 Å². The highest BCUT2D eigenvalue weighted by atomic mass is 16.7. The molecule has 1 saturated carbocycles. The molecule has 3 fully saturated rings. The molecule has 1 aromatic rings. The van der Waals surface area contributed by atoms with E-state index in [9.17, 15) is 4.79 Å². The molecule has 2 aliphatic carbocycles. The largest absolute Gasteiger partial charge is 0.350 e. The molecule has 4 aliphatic rings. The highest BCUT2D eigenvalue weighted by molar-refractivity contribution is 5.85. The van der Waals surface area contributed by atoms with Gasteiger partial charge in [0.15, 0.2) is 6.29 Å². The Morgan fingerprint density at radius 2 is 2.00 bits per heavy atom. The Morgan fingerprint density at radius 1 is 1.16 bits per heavy atom. The molecule has 5 rings (SSSR count). The standard InChI is InChI=1S/C21H27NO3/c23-19(22-10-4-7-16(14-22)20-24-11-12-25-20)18-13-21(18)9-3-6-15-5-1-2-8-17(15)21/h1-2,5,8,16,18,20H,3-4,6-7,9-14H2/t16-,18+,21+/m1/s1. The van der Waals surface area contributed by atoms with E-state index in [1.807, 2.05) is 0 Å². The van der Waals surface area contributed by atoms with Gasteiger partial charge in [-0.05, 0) is 49.7 Å². The van der Waals surface area contributed by atoms with Crippen LogP contribution in [0.1, 0.15) is 43.2 Å². The molecule has 25 heavy (non-hydrogen) atoms. The number of likely N-dealkylation sites (tertiary alicyclic amines) is 1. The first-order chi connectivity index (χ1) is 12.3. The van der Waals surface area contributed by atoms with Crippen LogP contribution in [0.5, 0.6) is 0 Å². The Labute approximate surface area is 149 Å². The zero-order chi connectivity index (χ0) is 16.9. The van der Waals surface area contributed by atoms with Gasteiger partial charge in [0.1, 0.15) is 0 Å². The molecule has 1 aromatic carbocycles. The summed E-state index contributed by atoms with van der Waals surface area (Å²) in [6.45, 7) is 3.09. The number of carbonyl (C=O) groups is 1. The van der Waals surface area contributed by atoms with Crippen LogP contribution in [0.2, 0.25) is 0 Å². The third kappa shape index (κ3) is 2.61. The highest BCUT2D eigenvalue weighted by Gasteiger charge is 2.61. The van der Waals surface area contributed by atoms with Crippen molar-refractivity contribution in [2.45, 2.75) is 50.2 Å². The number of rotatable bonds is 2. The molecule has 2 saturated heterocycles. The number of hydrogen-bond donors (Lipinski definition) is 0. The van der Waals surface area contributed by atoms with Crippen LogP contribution in [0, 0.1) is 11.8 Å². The summed E-state index contributed by atoms with van der Waals surface area (Å²) in [5.41, 5.74) is 3.06. The lowest BCUT2D eigenvalue weighted by Gasteiger charge is -2.36. The molecule has 0 bridgehead atoms. The van der Waals surface area contributed by atoms with Crippen molar-refractivity contribution in [3.05, 3.63) is 35.4 Å². The van der Waals surface area contributed by atoms with Gasteiger partial charge in [-0.15, -0.1) is 0 Å². The Kier molecular flexibility index (Phi) is 3.86. The SMILES string of the molecule is O=C([C@@H]1C[C@]12CCCc1ccccc12)N1CCC[C@@H](C2OCCO2)C1. The van der Waals surface area contributed by atoms with Crippen LogP contribution >= 0.6 is 0 Å². The number of amides is 1. The van der Waals surface area contributed by atoms with Gasteiger partial charge in [-0.3, -0.25) is 4.79 Å². The maximum atomic E-state index is 13.2. The van der Waals surface area contributed by atoms with Gasteiger partial charge < -0.3 is 14.4 Å². The minimum Gasteiger partial charge on any atom is -0.350 e. The van der Waals surface area contributed by atoms with E-state index in [0.717, 1.165) is 32.4 Å². The maximum absolute atomic E-state index is 13.2. The van der Waals surface area contributed by atoms with E-state index >= 15 is 0 Å². The average Bonchev–Trinajstić information content (AvgIpc) is 3.11. The van der Waals surface area contributed by atoms with Gasteiger partial charge in [-0.25, -0.2) is 0 Å². The van der Waals surface area contributed by atoms with Gasteiger partial charge in [-0.1, -0.05) is 24.3 Å². The second-order valence-electron chi connectivity index (χ2n) is 8.22. The van der Waals surface area contributed by atoms with Crippen LogP contribution < -0.4 is 0 Å². The van der Waals surface area contributed by atoms with E-state index in [0.29, 0.717) is 25.0 Å². The van der Waals surface area contributed by atoms with Gasteiger partial charge in [0.05, 0.1) is 13.2 Å². The lowest BCUT2D eigenvalue weighted by Crippen LogP contribution is -2.45. The minimum absolute atomic E-state index is 0.0980. The van der Waals surface area contributed by atoms with Gasteiger partial charge >= 0.3 is 0 Å². The molecule has 134 valence electrons. The summed E-state index contributed by atoms with van der Waals surface area (Å²) in [6.07, 6.45) is 6.67. The number of fused-ring (bicyclic) bond motifs is 2. The first-order valence-electron chi connectivity index (χ1n) is 9.88. The van der Waals surface area contributed by atoms with Crippen LogP contribution in [-0.2, 0) is 26.1 Å². The topological polar surface area (TPSA) is 38.8 Å². The quantitative estimate of drug-likeness (QED) is 0.830. The third-order valence-electron chi connectivity index (χ3n) is 6.80. The lowest BCUT2D eigenvalue weighted by atomic mass is 9.78. The molecule has 0 radical (unpaired) electrons. The van der Waals surface area contributed by atoms with Crippen LogP contribution in [0.15, 0.2) is 24.3 Å². The van der Waals surface area contributed by atoms with Crippen LogP contribution in [0.25, 0.3) is 0 Å². The summed E-state index contributed by atoms with van der Waals surface area (Å²) in [5.74, 6) is 0.908. The summed E-state index contributed by atoms with van der Waals surface area (Å²) < 4.78 is 11.4. The van der Waals surface area contributed by atoms with Crippen molar-refractivity contribution in [2.75, 3.05) is 26.3 Å². The van der Waals surface area contributed by atoms with Gasteiger partial charge in [-0.2, -0.15) is 0 Å². The summed E-state index contributed by atoms with van der Waals surface area (Å²) in [6, 6.07) is 8.79. The molecular formula is C21H27NO3. The molecule has 0 aromatic heterocycles. The molecule has 2 aliphatic heterocycles. The van der Waals surface area contributed by atoms with Crippen molar-refractivity contribution >= 4 is 5.91 Å². The van der Waals surface area contributed by atoms with Crippen molar-refractivity contribution in [2.24, 2.45) is 11.8 Å². The average molecular weight is 341 g/mol. The molecule has 0 unspecified atom stereocenters. The maximum Gasteiger partial charge on any atom is 0.226 e. The first kappa shape index (κ1) is 15.8. The molecule has 0 N–H and O–H groups in total. The van der Waals surface area contributed by atoms with Crippen molar-refractivity contribution in [3.63, 3.8) is 0 Å². The second-order valence-corrected chi connectivity index (χ2v) is 8.22. The predicted molar refractivity (Wildman–Crippen MR) is 94.2 cm³/mol. The van der Waals surface area contributed by atoms with Crippen molar-refractivity contribution < 1.29 is 14.3 Å². The number of hydrogen-bond acceptors (Lipinski definition) is 3. The predicted octanol–water partition coefficient (Wildman–Crippen LogP) is 2.89. The van der Waals surface area contributed by atoms with Gasteiger partial charge in [0.2, 0.25) is 5.91 Å². The molecule has 1 amide bonds. The summed E-state index contributed by atoms with van der Waals surface area (Å²) in [4.78, 5) is 15.4. The second kappa shape index (κ2) is 6.10. The molecule has 4 nitrogen and oxygen atoms in total. The Balaban J connectivity index is 1.31. The molecule has 2 heterocycles. The number of aryl methyl sites for hydroxylation is 1. The lowest BCUT2D eigenvalue weighted by molar-refractivity contribution is -0.141. The van der Waals surface area contributed by atoms with Gasteiger partial charge in [0.25, 0.3) is 0 Å². The molecule has 3 atom stereocenters. The van der Waals surface area contributed by atoms with Crippen LogP contribution in [0.3, 0.4) is 0 Å². The summed E-state index contributed by atoms with van der Waals surface area (Å²) in [5, 5.41) is 0. The zero-order valence-electron chi connectivity index (χ0n) is 14.8. The van der Waals surface area contributed by atoms with Crippen molar-refractivity contribution in [1.82, 2.24) is 4.90 Å². The number of piperidine rings is 1. The Morgan fingerprint density at radius 3 is 2.88 bits per heavy atom. The Bertz CT molecular complexity index is 669. The smallest absolute Gasteiger partial charge is 0.226 e. The fourth-order valence-corrected chi connectivity index (χ4v) is 5.46. The fraction of sp³-hybridized carbons (Fsp3) is 0.667. The van der Waals surface area contributed by atoms with E-state index in [-0.39, 0.29) is 17.6 Å². The number of ether oxygens (including phenoxy) is 2. The molecular weight excluding hydrogens is 314 g/mol. The van der Waals surface area contributed by atoms with E-state index in [1.165, 1.54) is 30.4 Å². The highest BCUT2D eigenvalue weighted by Crippen LogP contribution is 2.61. The normalized spacial score (nSPS) is 35.0. The first-order valence-corrected chi connectivity index (χ1v) is 9.88. The monoisotopic (exact) mass is 341 g/mol. The molecule has 1 spiro atoms. The zero-order valence-corrected chi connectivity index (χ0v) is 14.8.